The largest absolute Gasteiger partial charge is 0.497 e. The van der Waals surface area contributed by atoms with Gasteiger partial charge in [0.2, 0.25) is 5.91 Å². The molecular formula is C19H25N3O3. The smallest absolute Gasteiger partial charge is 0.249 e. The fourth-order valence-electron chi connectivity index (χ4n) is 2.18. The lowest BCUT2D eigenvalue weighted by Crippen LogP contribution is -2.34. The van der Waals surface area contributed by atoms with E-state index in [2.05, 4.69) is 10.3 Å². The van der Waals surface area contributed by atoms with E-state index in [-0.39, 0.29) is 5.91 Å². The first-order chi connectivity index (χ1) is 12.0. The fraction of sp³-hybridized carbons (Fsp3) is 0.368. The second-order valence-corrected chi connectivity index (χ2v) is 5.94. The van der Waals surface area contributed by atoms with Gasteiger partial charge < -0.3 is 19.7 Å². The zero-order valence-corrected chi connectivity index (χ0v) is 15.2. The number of amides is 1. The summed E-state index contributed by atoms with van der Waals surface area (Å²) in [6, 6.07) is 11.5. The lowest BCUT2D eigenvalue weighted by molar-refractivity contribution is -0.132. The van der Waals surface area contributed by atoms with Crippen molar-refractivity contribution in [1.29, 1.82) is 0 Å². The Kier molecular flexibility index (Phi) is 6.77. The van der Waals surface area contributed by atoms with Crippen molar-refractivity contribution < 1.29 is 14.3 Å². The van der Waals surface area contributed by atoms with E-state index in [0.717, 1.165) is 22.7 Å². The molecule has 0 fully saturated rings. The maximum absolute atomic E-state index is 12.1. The number of carbonyl (C=O) groups is 1. The van der Waals surface area contributed by atoms with Crippen LogP contribution in [0.4, 0.5) is 5.82 Å². The number of pyridine rings is 1. The number of carbonyl (C=O) groups excluding carboxylic acids is 1. The van der Waals surface area contributed by atoms with Gasteiger partial charge in [-0.05, 0) is 36.2 Å². The van der Waals surface area contributed by atoms with Gasteiger partial charge >= 0.3 is 0 Å². The third kappa shape index (κ3) is 5.76. The summed E-state index contributed by atoms with van der Waals surface area (Å²) in [4.78, 5) is 18.4. The summed E-state index contributed by atoms with van der Waals surface area (Å²) in [5.74, 6) is 1.50. The summed E-state index contributed by atoms with van der Waals surface area (Å²) >= 11 is 0. The minimum Gasteiger partial charge on any atom is -0.497 e. The van der Waals surface area contributed by atoms with Crippen molar-refractivity contribution in [3.8, 4) is 5.75 Å². The van der Waals surface area contributed by atoms with Crippen molar-refractivity contribution in [1.82, 2.24) is 10.3 Å². The second-order valence-electron chi connectivity index (χ2n) is 5.94. The van der Waals surface area contributed by atoms with Crippen molar-refractivity contribution in [2.45, 2.75) is 26.2 Å². The molecule has 0 saturated heterocycles. The number of rotatable bonds is 8. The molecule has 0 saturated carbocycles. The molecule has 0 bridgehead atoms. The first-order valence-electron chi connectivity index (χ1n) is 8.14. The van der Waals surface area contributed by atoms with E-state index in [1.165, 1.54) is 0 Å². The Morgan fingerprint density at radius 1 is 1.24 bits per heavy atom. The highest BCUT2D eigenvalue weighted by atomic mass is 16.5. The van der Waals surface area contributed by atoms with Gasteiger partial charge in [-0.25, -0.2) is 4.98 Å². The molecule has 134 valence electrons. The number of ether oxygens (including phenoxy) is 2. The first-order valence-corrected chi connectivity index (χ1v) is 8.14. The molecule has 0 aliphatic heterocycles. The standard InChI is InChI=1S/C19H25N3O3/c1-14(25-13-15-6-5-7-17(10-15)24-4)19(23)21-12-16-8-9-18(20-11-16)22(2)3/h5-11,14H,12-13H2,1-4H3,(H,21,23). The van der Waals surface area contributed by atoms with Crippen LogP contribution in [0.15, 0.2) is 42.6 Å². The minimum atomic E-state index is -0.541. The number of hydrogen-bond acceptors (Lipinski definition) is 5. The van der Waals surface area contributed by atoms with Gasteiger partial charge in [-0.15, -0.1) is 0 Å². The molecule has 0 aliphatic rings. The Morgan fingerprint density at radius 2 is 2.04 bits per heavy atom. The second kappa shape index (κ2) is 9.03. The Bertz CT molecular complexity index is 687. The van der Waals surface area contributed by atoms with Crippen LogP contribution >= 0.6 is 0 Å². The summed E-state index contributed by atoms with van der Waals surface area (Å²) in [5, 5.41) is 2.86. The molecular weight excluding hydrogens is 318 g/mol. The van der Waals surface area contributed by atoms with Crippen LogP contribution in [0, 0.1) is 0 Å². The van der Waals surface area contributed by atoms with E-state index < -0.39 is 6.10 Å². The SMILES string of the molecule is COc1cccc(COC(C)C(=O)NCc2ccc(N(C)C)nc2)c1. The normalized spacial score (nSPS) is 11.7. The van der Waals surface area contributed by atoms with Gasteiger partial charge in [0.05, 0.1) is 13.7 Å². The Balaban J connectivity index is 1.79. The van der Waals surface area contributed by atoms with Crippen LogP contribution in [-0.4, -0.2) is 38.2 Å². The van der Waals surface area contributed by atoms with Crippen LogP contribution in [0.1, 0.15) is 18.1 Å². The van der Waals surface area contributed by atoms with Crippen molar-refractivity contribution >= 4 is 11.7 Å². The van der Waals surface area contributed by atoms with E-state index in [4.69, 9.17) is 9.47 Å². The third-order valence-corrected chi connectivity index (χ3v) is 3.74. The van der Waals surface area contributed by atoms with Crippen molar-refractivity contribution in [3.05, 3.63) is 53.7 Å². The quantitative estimate of drug-likeness (QED) is 0.797. The van der Waals surface area contributed by atoms with E-state index in [9.17, 15) is 4.79 Å². The molecule has 2 aromatic rings. The average molecular weight is 343 g/mol. The van der Waals surface area contributed by atoms with Crippen LogP contribution < -0.4 is 15.0 Å². The van der Waals surface area contributed by atoms with Gasteiger partial charge in [-0.1, -0.05) is 18.2 Å². The van der Waals surface area contributed by atoms with E-state index in [1.54, 1.807) is 20.2 Å². The van der Waals surface area contributed by atoms with Gasteiger partial charge in [0.1, 0.15) is 17.7 Å². The summed E-state index contributed by atoms with van der Waals surface area (Å²) < 4.78 is 10.8. The topological polar surface area (TPSA) is 63.7 Å². The lowest BCUT2D eigenvalue weighted by Gasteiger charge is -2.14. The maximum atomic E-state index is 12.1. The zero-order chi connectivity index (χ0) is 18.2. The molecule has 1 amide bonds. The van der Waals surface area contributed by atoms with Crippen LogP contribution in [-0.2, 0) is 22.7 Å². The van der Waals surface area contributed by atoms with Crippen molar-refractivity contribution in [2.75, 3.05) is 26.1 Å². The minimum absolute atomic E-state index is 0.153. The third-order valence-electron chi connectivity index (χ3n) is 3.74. The molecule has 0 spiro atoms. The molecule has 2 rings (SSSR count). The average Bonchev–Trinajstić information content (AvgIpc) is 2.64. The summed E-state index contributed by atoms with van der Waals surface area (Å²) in [6.07, 6.45) is 1.22. The number of aromatic nitrogens is 1. The molecule has 1 aromatic heterocycles. The van der Waals surface area contributed by atoms with Crippen LogP contribution in [0.2, 0.25) is 0 Å². The number of nitrogens with one attached hydrogen (secondary N) is 1. The van der Waals surface area contributed by atoms with Gasteiger partial charge in [0.25, 0.3) is 0 Å². The summed E-state index contributed by atoms with van der Waals surface area (Å²) in [7, 11) is 5.49. The Labute approximate surface area is 148 Å². The van der Waals surface area contributed by atoms with Crippen molar-refractivity contribution in [3.63, 3.8) is 0 Å². The molecule has 1 atom stereocenters. The monoisotopic (exact) mass is 343 g/mol. The molecule has 0 aliphatic carbocycles. The van der Waals surface area contributed by atoms with E-state index in [0.29, 0.717) is 13.2 Å². The van der Waals surface area contributed by atoms with Gasteiger partial charge in [-0.2, -0.15) is 0 Å². The summed E-state index contributed by atoms with van der Waals surface area (Å²) in [6.45, 7) is 2.51. The number of anilines is 1. The molecule has 6 heteroatoms. The molecule has 0 radical (unpaired) electrons. The first kappa shape index (κ1) is 18.7. The number of hydrogen-bond donors (Lipinski definition) is 1. The Morgan fingerprint density at radius 3 is 2.68 bits per heavy atom. The Hall–Kier alpha value is -2.60. The molecule has 1 N–H and O–H groups in total. The highest BCUT2D eigenvalue weighted by molar-refractivity contribution is 5.80. The number of methoxy groups -OCH3 is 1. The zero-order valence-electron chi connectivity index (χ0n) is 15.2. The van der Waals surface area contributed by atoms with Crippen LogP contribution in [0.3, 0.4) is 0 Å². The van der Waals surface area contributed by atoms with Gasteiger partial charge in [0, 0.05) is 26.8 Å². The fourth-order valence-corrected chi connectivity index (χ4v) is 2.18. The maximum Gasteiger partial charge on any atom is 0.249 e. The molecule has 6 nitrogen and oxygen atoms in total. The van der Waals surface area contributed by atoms with Crippen LogP contribution in [0.25, 0.3) is 0 Å². The van der Waals surface area contributed by atoms with Gasteiger partial charge in [-0.3, -0.25) is 4.79 Å². The lowest BCUT2D eigenvalue weighted by atomic mass is 10.2. The summed E-state index contributed by atoms with van der Waals surface area (Å²) in [5.41, 5.74) is 1.90. The van der Waals surface area contributed by atoms with Crippen LogP contribution in [0.5, 0.6) is 5.75 Å². The molecule has 25 heavy (non-hydrogen) atoms. The van der Waals surface area contributed by atoms with Crippen molar-refractivity contribution in [2.24, 2.45) is 0 Å². The number of benzene rings is 1. The van der Waals surface area contributed by atoms with E-state index in [1.807, 2.05) is 55.4 Å². The highest BCUT2D eigenvalue weighted by Crippen LogP contribution is 2.14. The molecule has 1 heterocycles. The van der Waals surface area contributed by atoms with Gasteiger partial charge in [0.15, 0.2) is 0 Å². The van der Waals surface area contributed by atoms with E-state index >= 15 is 0 Å². The predicted octanol–water partition coefficient (Wildman–Crippen LogP) is 2.38. The molecule has 1 aromatic carbocycles. The number of nitrogens with zero attached hydrogens (tertiary/aromatic N) is 2. The highest BCUT2D eigenvalue weighted by Gasteiger charge is 2.13. The predicted molar refractivity (Wildman–Crippen MR) is 97.7 cm³/mol. The molecule has 1 unspecified atom stereocenters.